The predicted octanol–water partition coefficient (Wildman–Crippen LogP) is -0.268. The molecular weight excluding hydrogens is 298 g/mol. The zero-order valence-electron chi connectivity index (χ0n) is 1.32. The molecule has 0 aromatic carbocycles. The van der Waals surface area contributed by atoms with Gasteiger partial charge in [-0.05, 0) is 0 Å². The summed E-state index contributed by atoms with van der Waals surface area (Å²) in [5.41, 5.74) is 0. The molecule has 4 heteroatoms. The van der Waals surface area contributed by atoms with Crippen molar-refractivity contribution < 1.29 is 0 Å². The van der Waals surface area contributed by atoms with Gasteiger partial charge in [0.2, 0.25) is 0 Å². The van der Waals surface area contributed by atoms with Crippen molar-refractivity contribution in [2.24, 2.45) is 0 Å². The van der Waals surface area contributed by atoms with Crippen LogP contribution in [0, 0.1) is 0 Å². The Hall–Kier alpha value is 2.11. The van der Waals surface area contributed by atoms with E-state index in [4.69, 9.17) is 0 Å². The van der Waals surface area contributed by atoms with Gasteiger partial charge in [0.1, 0.15) is 0 Å². The predicted molar refractivity (Wildman–Crippen MR) is 30.9 cm³/mol. The summed E-state index contributed by atoms with van der Waals surface area (Å²) < 4.78 is 0. The van der Waals surface area contributed by atoms with Gasteiger partial charge in [0, 0.05) is 0 Å². The molecule has 0 atom stereocenters. The maximum absolute atomic E-state index is 4.38. The van der Waals surface area contributed by atoms with Crippen molar-refractivity contribution in [3.63, 3.8) is 0 Å². The van der Waals surface area contributed by atoms with Gasteiger partial charge in [0.15, 0.2) is 0 Å². The first-order valence-corrected chi connectivity index (χ1v) is 8.22. The van der Waals surface area contributed by atoms with E-state index in [1.54, 1.807) is 0 Å². The van der Waals surface area contributed by atoms with Gasteiger partial charge < -0.3 is 0 Å². The average Bonchev–Trinajstić information content (AvgIpc) is 0.918. The molecule has 0 spiro atoms. The van der Waals surface area contributed by atoms with Crippen molar-refractivity contribution in [2.75, 3.05) is 0 Å². The monoisotopic (exact) mass is 302 g/mol. The van der Waals surface area contributed by atoms with Crippen LogP contribution in [-0.4, -0.2) is 43.1 Å². The summed E-state index contributed by atoms with van der Waals surface area (Å²) in [6, 6.07) is 0. The molecule has 4 heavy (non-hydrogen) atoms. The molecule has 0 fully saturated rings. The van der Waals surface area contributed by atoms with E-state index < -0.39 is 17.3 Å². The Labute approximate surface area is 60.7 Å². The van der Waals surface area contributed by atoms with E-state index in [0.29, 0.717) is 0 Å². The van der Waals surface area contributed by atoms with E-state index in [2.05, 4.69) is 18.6 Å². The van der Waals surface area contributed by atoms with E-state index in [9.17, 15) is 0 Å². The third-order valence-electron chi connectivity index (χ3n) is 0. The van der Waals surface area contributed by atoms with Crippen LogP contribution in [0.1, 0.15) is 0 Å². The van der Waals surface area contributed by atoms with Crippen LogP contribution in [0.25, 0.3) is 0 Å². The molecule has 0 saturated carbocycles. The maximum atomic E-state index is 4.38. The van der Waals surface area contributed by atoms with Crippen molar-refractivity contribution in [3.8, 4) is 0 Å². The zero-order chi connectivity index (χ0) is 2.71. The Bertz CT molecular complexity index is 27.0. The molecule has 0 aliphatic carbocycles. The molecule has 0 heterocycles. The van der Waals surface area contributed by atoms with Crippen LogP contribution in [0.2, 0.25) is 0 Å². The minimum atomic E-state index is -0.603. The van der Waals surface area contributed by atoms with Crippen LogP contribution in [0.15, 0.2) is 0 Å². The fourth-order valence-electron chi connectivity index (χ4n) is 0. The molecule has 0 aliphatic heterocycles. The molecule has 0 N–H and O–H groups in total. The number of rotatable bonds is 0. The van der Waals surface area contributed by atoms with Crippen LogP contribution in [0.5, 0.6) is 0 Å². The van der Waals surface area contributed by atoms with E-state index in [-0.39, 0.29) is 25.8 Å². The Balaban J connectivity index is 0. The Morgan fingerprint density at radius 1 is 1.25 bits per heavy atom. The van der Waals surface area contributed by atoms with Gasteiger partial charge in [0.25, 0.3) is 0 Å². The van der Waals surface area contributed by atoms with Crippen LogP contribution in [-0.2, 0) is 0 Å². The fraction of sp³-hybridized carbons (Fsp3) is 0. The van der Waals surface area contributed by atoms with E-state index in [1.165, 1.54) is 0 Å². The Morgan fingerprint density at radius 3 is 1.25 bits per heavy atom. The van der Waals surface area contributed by atoms with Crippen molar-refractivity contribution >= 4 is 61.7 Å². The van der Waals surface area contributed by atoms with Gasteiger partial charge in [-0.1, -0.05) is 0 Å². The summed E-state index contributed by atoms with van der Waals surface area (Å²) in [5.74, 6) is 0. The fourth-order valence-corrected chi connectivity index (χ4v) is 0. The van der Waals surface area contributed by atoms with Gasteiger partial charge >= 0.3 is 61.7 Å². The van der Waals surface area contributed by atoms with Crippen LogP contribution in [0.4, 0.5) is 0 Å². The molecule has 22 valence electrons. The topological polar surface area (TPSA) is 0 Å². The second-order valence-electron chi connectivity index (χ2n) is 0.0833. The molecular formula is H3InS2Sn. The van der Waals surface area contributed by atoms with Crippen molar-refractivity contribution in [2.45, 2.75) is 0 Å². The van der Waals surface area contributed by atoms with Crippen molar-refractivity contribution in [1.29, 1.82) is 0 Å². The minimum absolute atomic E-state index is 0. The first-order valence-electron chi connectivity index (χ1n) is 0.408. The summed E-state index contributed by atoms with van der Waals surface area (Å²) in [7, 11) is 8.76. The van der Waals surface area contributed by atoms with E-state index >= 15 is 0 Å². The third kappa shape index (κ3) is 8.93. The van der Waals surface area contributed by atoms with Gasteiger partial charge in [-0.3, -0.25) is 0 Å². The molecule has 0 nitrogen and oxygen atoms in total. The molecule has 0 amide bonds. The molecule has 0 saturated heterocycles. The van der Waals surface area contributed by atoms with Gasteiger partial charge in [-0.15, -0.1) is 0 Å². The average molecular weight is 301 g/mol. The molecule has 0 unspecified atom stereocenters. The summed E-state index contributed by atoms with van der Waals surface area (Å²) in [6.07, 6.45) is 0. The standard InChI is InChI=1S/In.2S.Sn.3H. The van der Waals surface area contributed by atoms with Gasteiger partial charge in [0.05, 0.1) is 0 Å². The normalized spacial score (nSPS) is 2.00. The second kappa shape index (κ2) is 8.92. The van der Waals surface area contributed by atoms with Crippen LogP contribution >= 0.6 is 18.6 Å². The summed E-state index contributed by atoms with van der Waals surface area (Å²) in [5, 5.41) is 0. The summed E-state index contributed by atoms with van der Waals surface area (Å²) in [4.78, 5) is 0. The molecule has 0 radical (unpaired) electrons. The van der Waals surface area contributed by atoms with Crippen molar-refractivity contribution in [1.82, 2.24) is 0 Å². The van der Waals surface area contributed by atoms with Crippen LogP contribution < -0.4 is 0 Å². The van der Waals surface area contributed by atoms with E-state index in [0.717, 1.165) is 0 Å². The van der Waals surface area contributed by atoms with Gasteiger partial charge in [-0.2, -0.15) is 0 Å². The molecule has 0 bridgehead atoms. The van der Waals surface area contributed by atoms with Crippen molar-refractivity contribution in [3.05, 3.63) is 0 Å². The Morgan fingerprint density at radius 2 is 1.25 bits per heavy atom. The number of hydrogen-bond donors (Lipinski definition) is 0. The molecule has 0 aliphatic rings. The molecule has 0 rings (SSSR count). The first-order chi connectivity index (χ1) is 1.41. The first kappa shape index (κ1) is 9.44. The second-order valence-corrected chi connectivity index (χ2v) is 5.03. The molecule has 0 aromatic heterocycles. The molecule has 0 aromatic rings. The van der Waals surface area contributed by atoms with E-state index in [1.807, 2.05) is 0 Å². The Kier molecular flexibility index (Phi) is 21.1. The van der Waals surface area contributed by atoms with Crippen LogP contribution in [0.3, 0.4) is 0 Å². The SMILES string of the molecule is [InH3].[S]=[Sn]=[S]. The number of hydrogen-bond acceptors (Lipinski definition) is 2. The van der Waals surface area contributed by atoms with Gasteiger partial charge in [-0.25, -0.2) is 0 Å². The third-order valence-corrected chi connectivity index (χ3v) is 0. The quantitative estimate of drug-likeness (QED) is 0.565. The summed E-state index contributed by atoms with van der Waals surface area (Å²) >= 11 is -0.603. The zero-order valence-corrected chi connectivity index (χ0v) is 5.80. The summed E-state index contributed by atoms with van der Waals surface area (Å²) in [6.45, 7) is 0.